The van der Waals surface area contributed by atoms with Crippen LogP contribution in [0.1, 0.15) is 23.9 Å². The van der Waals surface area contributed by atoms with Gasteiger partial charge < -0.3 is 5.32 Å². The molecule has 1 aromatic carbocycles. The quantitative estimate of drug-likeness (QED) is 0.934. The number of rotatable bonds is 4. The third kappa shape index (κ3) is 2.75. The summed E-state index contributed by atoms with van der Waals surface area (Å²) in [6.45, 7) is 4.94. The van der Waals surface area contributed by atoms with E-state index in [0.717, 1.165) is 34.5 Å². The van der Waals surface area contributed by atoms with E-state index in [0.29, 0.717) is 0 Å². The third-order valence-corrected chi connectivity index (χ3v) is 4.09. The standard InChI is InChI=1S/C14H18BrN3/c1-4-11-6-5-7-12(8-11)16-9-13-14(15)10(2)17-18(13)3/h5-8,16H,4,9H2,1-3H3. The van der Waals surface area contributed by atoms with Gasteiger partial charge in [-0.05, 0) is 47.0 Å². The largest absolute Gasteiger partial charge is 0.379 e. The Hall–Kier alpha value is -1.29. The van der Waals surface area contributed by atoms with Crippen molar-refractivity contribution in [2.45, 2.75) is 26.8 Å². The first kappa shape index (κ1) is 13.1. The van der Waals surface area contributed by atoms with Crippen molar-refractivity contribution in [3.05, 3.63) is 45.7 Å². The fourth-order valence-electron chi connectivity index (χ4n) is 1.96. The molecule has 0 saturated carbocycles. The topological polar surface area (TPSA) is 29.9 Å². The number of aromatic nitrogens is 2. The molecule has 4 heteroatoms. The van der Waals surface area contributed by atoms with Gasteiger partial charge in [0.25, 0.3) is 0 Å². The van der Waals surface area contributed by atoms with E-state index in [9.17, 15) is 0 Å². The van der Waals surface area contributed by atoms with Crippen molar-refractivity contribution in [1.29, 1.82) is 0 Å². The van der Waals surface area contributed by atoms with Crippen molar-refractivity contribution < 1.29 is 0 Å². The lowest BCUT2D eigenvalue weighted by Gasteiger charge is -2.08. The van der Waals surface area contributed by atoms with E-state index in [1.54, 1.807) is 0 Å². The second-order valence-electron chi connectivity index (χ2n) is 4.38. The minimum Gasteiger partial charge on any atom is -0.379 e. The highest BCUT2D eigenvalue weighted by atomic mass is 79.9. The van der Waals surface area contributed by atoms with E-state index in [2.05, 4.69) is 57.5 Å². The van der Waals surface area contributed by atoms with Gasteiger partial charge >= 0.3 is 0 Å². The summed E-state index contributed by atoms with van der Waals surface area (Å²) in [5, 5.41) is 7.83. The van der Waals surface area contributed by atoms with Gasteiger partial charge in [-0.3, -0.25) is 4.68 Å². The molecule has 3 nitrogen and oxygen atoms in total. The first-order chi connectivity index (χ1) is 8.61. The molecule has 0 amide bonds. The van der Waals surface area contributed by atoms with Crippen molar-refractivity contribution >= 4 is 21.6 Å². The fourth-order valence-corrected chi connectivity index (χ4v) is 2.44. The van der Waals surface area contributed by atoms with Crippen molar-refractivity contribution in [1.82, 2.24) is 9.78 Å². The molecule has 1 heterocycles. The molecule has 0 aliphatic heterocycles. The van der Waals surface area contributed by atoms with Gasteiger partial charge in [-0.25, -0.2) is 0 Å². The molecular formula is C14H18BrN3. The van der Waals surface area contributed by atoms with Crippen molar-refractivity contribution in [3.63, 3.8) is 0 Å². The molecule has 0 aliphatic carbocycles. The molecule has 0 bridgehead atoms. The van der Waals surface area contributed by atoms with E-state index in [1.165, 1.54) is 5.56 Å². The van der Waals surface area contributed by atoms with Gasteiger partial charge in [-0.1, -0.05) is 19.1 Å². The Kier molecular flexibility index (Phi) is 4.07. The number of anilines is 1. The van der Waals surface area contributed by atoms with Crippen LogP contribution in [0.5, 0.6) is 0 Å². The normalized spacial score (nSPS) is 10.7. The van der Waals surface area contributed by atoms with Gasteiger partial charge in [-0.15, -0.1) is 0 Å². The molecule has 0 saturated heterocycles. The van der Waals surface area contributed by atoms with E-state index in [4.69, 9.17) is 0 Å². The van der Waals surface area contributed by atoms with Gasteiger partial charge in [0.1, 0.15) is 0 Å². The maximum Gasteiger partial charge on any atom is 0.0739 e. The monoisotopic (exact) mass is 307 g/mol. The number of halogens is 1. The Labute approximate surface area is 116 Å². The van der Waals surface area contributed by atoms with Crippen LogP contribution in [-0.2, 0) is 20.0 Å². The smallest absolute Gasteiger partial charge is 0.0739 e. The molecule has 18 heavy (non-hydrogen) atoms. The summed E-state index contributed by atoms with van der Waals surface area (Å²) in [6.07, 6.45) is 1.06. The van der Waals surface area contributed by atoms with Crippen LogP contribution in [0.4, 0.5) is 5.69 Å². The first-order valence-corrected chi connectivity index (χ1v) is 6.92. The average molecular weight is 308 g/mol. The van der Waals surface area contributed by atoms with Crippen LogP contribution in [0.3, 0.4) is 0 Å². The number of nitrogens with zero attached hydrogens (tertiary/aromatic N) is 2. The van der Waals surface area contributed by atoms with Gasteiger partial charge in [0, 0.05) is 12.7 Å². The van der Waals surface area contributed by atoms with Crippen molar-refractivity contribution in [3.8, 4) is 0 Å². The molecule has 2 rings (SSSR count). The Morgan fingerprint density at radius 3 is 2.78 bits per heavy atom. The predicted octanol–water partition coefficient (Wildman–Crippen LogP) is 3.67. The second-order valence-corrected chi connectivity index (χ2v) is 5.17. The first-order valence-electron chi connectivity index (χ1n) is 6.12. The van der Waals surface area contributed by atoms with Crippen molar-refractivity contribution in [2.24, 2.45) is 7.05 Å². The maximum atomic E-state index is 4.39. The highest BCUT2D eigenvalue weighted by Crippen LogP contribution is 2.21. The molecule has 0 atom stereocenters. The lowest BCUT2D eigenvalue weighted by atomic mass is 10.1. The molecule has 1 N–H and O–H groups in total. The zero-order valence-electron chi connectivity index (χ0n) is 11.0. The van der Waals surface area contributed by atoms with Crippen LogP contribution < -0.4 is 5.32 Å². The minimum absolute atomic E-state index is 0.769. The summed E-state index contributed by atoms with van der Waals surface area (Å²) in [6, 6.07) is 8.52. The summed E-state index contributed by atoms with van der Waals surface area (Å²) in [4.78, 5) is 0. The number of hydrogen-bond donors (Lipinski definition) is 1. The number of hydrogen-bond acceptors (Lipinski definition) is 2. The summed E-state index contributed by atoms with van der Waals surface area (Å²) in [5.41, 5.74) is 4.69. The lowest BCUT2D eigenvalue weighted by Crippen LogP contribution is -2.06. The van der Waals surface area contributed by atoms with Crippen LogP contribution in [0.15, 0.2) is 28.7 Å². The Bertz CT molecular complexity index is 546. The lowest BCUT2D eigenvalue weighted by molar-refractivity contribution is 0.712. The van der Waals surface area contributed by atoms with Crippen LogP contribution in [-0.4, -0.2) is 9.78 Å². The second kappa shape index (κ2) is 5.57. The Balaban J connectivity index is 2.11. The molecular weight excluding hydrogens is 290 g/mol. The summed E-state index contributed by atoms with van der Waals surface area (Å²) >= 11 is 3.58. The molecule has 1 aromatic heterocycles. The Morgan fingerprint density at radius 2 is 2.17 bits per heavy atom. The number of aryl methyl sites for hydroxylation is 3. The van der Waals surface area contributed by atoms with E-state index in [-0.39, 0.29) is 0 Å². The van der Waals surface area contributed by atoms with Crippen LogP contribution in [0, 0.1) is 6.92 Å². The average Bonchev–Trinajstić information content (AvgIpc) is 2.61. The molecule has 0 fully saturated rings. The van der Waals surface area contributed by atoms with Gasteiger partial charge in [0.15, 0.2) is 0 Å². The van der Waals surface area contributed by atoms with Gasteiger partial charge in [-0.2, -0.15) is 5.10 Å². The fraction of sp³-hybridized carbons (Fsp3) is 0.357. The molecule has 2 aromatic rings. The number of benzene rings is 1. The highest BCUT2D eigenvalue weighted by Gasteiger charge is 2.09. The maximum absolute atomic E-state index is 4.39. The molecule has 0 aliphatic rings. The molecule has 0 unspecified atom stereocenters. The molecule has 0 spiro atoms. The molecule has 96 valence electrons. The SMILES string of the molecule is CCc1cccc(NCc2c(Br)c(C)nn2C)c1. The van der Waals surface area contributed by atoms with E-state index >= 15 is 0 Å². The molecule has 0 radical (unpaired) electrons. The van der Waals surface area contributed by atoms with E-state index < -0.39 is 0 Å². The van der Waals surface area contributed by atoms with Crippen molar-refractivity contribution in [2.75, 3.05) is 5.32 Å². The highest BCUT2D eigenvalue weighted by molar-refractivity contribution is 9.10. The zero-order valence-corrected chi connectivity index (χ0v) is 12.6. The minimum atomic E-state index is 0.769. The Morgan fingerprint density at radius 1 is 1.39 bits per heavy atom. The van der Waals surface area contributed by atoms with Crippen LogP contribution >= 0.6 is 15.9 Å². The van der Waals surface area contributed by atoms with Gasteiger partial charge in [0.2, 0.25) is 0 Å². The van der Waals surface area contributed by atoms with Gasteiger partial charge in [0.05, 0.1) is 22.4 Å². The van der Waals surface area contributed by atoms with Crippen LogP contribution in [0.2, 0.25) is 0 Å². The third-order valence-electron chi connectivity index (χ3n) is 3.06. The number of nitrogens with one attached hydrogen (secondary N) is 1. The van der Waals surface area contributed by atoms with Crippen LogP contribution in [0.25, 0.3) is 0 Å². The summed E-state index contributed by atoms with van der Waals surface area (Å²) < 4.78 is 3.00. The summed E-state index contributed by atoms with van der Waals surface area (Å²) in [7, 11) is 1.97. The summed E-state index contributed by atoms with van der Waals surface area (Å²) in [5.74, 6) is 0. The van der Waals surface area contributed by atoms with E-state index in [1.807, 2.05) is 18.7 Å². The zero-order chi connectivity index (χ0) is 13.1. The predicted molar refractivity (Wildman–Crippen MR) is 78.8 cm³/mol.